The second kappa shape index (κ2) is 21.7. The van der Waals surface area contributed by atoms with Crippen LogP contribution in [0.5, 0.6) is 0 Å². The molecule has 4 aliphatic heterocycles. The molecule has 4 heterocycles. The molecule has 0 spiro atoms. The van der Waals surface area contributed by atoms with Crippen LogP contribution in [0.3, 0.4) is 0 Å². The highest BCUT2D eigenvalue weighted by atomic mass is 16.8. The monoisotopic (exact) mass is 993 g/mol. The molecule has 24 atom stereocenters. The van der Waals surface area contributed by atoms with Crippen molar-refractivity contribution in [3.8, 4) is 0 Å². The van der Waals surface area contributed by atoms with E-state index in [1.54, 1.807) is 48.2 Å². The second-order valence-corrected chi connectivity index (χ2v) is 22.3. The molecule has 0 radical (unpaired) electrons. The molecule has 70 heavy (non-hydrogen) atoms. The van der Waals surface area contributed by atoms with Crippen LogP contribution in [0.4, 0.5) is 0 Å². The molecule has 398 valence electrons. The lowest BCUT2D eigenvalue weighted by atomic mass is 9.45. The van der Waals surface area contributed by atoms with E-state index in [0.29, 0.717) is 50.5 Å². The van der Waals surface area contributed by atoms with Gasteiger partial charge in [0.2, 0.25) is 0 Å². The molecule has 0 aromatic heterocycles. The quantitative estimate of drug-likeness (QED) is 0.110. The van der Waals surface area contributed by atoms with Crippen molar-refractivity contribution < 1.29 is 81.8 Å². The van der Waals surface area contributed by atoms with E-state index in [-0.39, 0.29) is 47.6 Å². The van der Waals surface area contributed by atoms with E-state index in [4.69, 9.17) is 56.8 Å². The van der Waals surface area contributed by atoms with Gasteiger partial charge >= 0.3 is 5.97 Å². The molecular weight excluding hydrogens is 909 g/mol. The van der Waals surface area contributed by atoms with Gasteiger partial charge < -0.3 is 72.2 Å². The van der Waals surface area contributed by atoms with Crippen LogP contribution in [0.25, 0.3) is 0 Å². The molecule has 4 aliphatic carbocycles. The molecule has 3 N–H and O–H groups in total. The van der Waals surface area contributed by atoms with Crippen molar-refractivity contribution in [2.75, 3.05) is 21.3 Å². The number of carbonyl (C=O) groups excluding carboxylic acids is 2. The van der Waals surface area contributed by atoms with Crippen molar-refractivity contribution in [1.29, 1.82) is 0 Å². The average molecular weight is 993 g/mol. The number of Topliss-reactive ketones (excluding diaryl/α,β-unsaturated/α-hetero) is 1. The Morgan fingerprint density at radius 1 is 0.686 bits per heavy atom. The van der Waals surface area contributed by atoms with Crippen LogP contribution in [-0.4, -0.2) is 165 Å². The van der Waals surface area contributed by atoms with Crippen molar-refractivity contribution in [2.24, 2.45) is 28.6 Å². The number of carbonyl (C=O) groups is 2. The van der Waals surface area contributed by atoms with Gasteiger partial charge in [0, 0.05) is 63.9 Å². The number of allylic oxidation sites excluding steroid dienone is 2. The van der Waals surface area contributed by atoms with Crippen molar-refractivity contribution in [3.63, 3.8) is 0 Å². The van der Waals surface area contributed by atoms with Gasteiger partial charge in [-0.1, -0.05) is 31.6 Å². The van der Waals surface area contributed by atoms with Crippen LogP contribution >= 0.6 is 0 Å². The molecule has 0 aromatic rings. The largest absolute Gasteiger partial charge is 0.458 e. The standard InChI is InChI=1S/C53H84O17/c1-13-26(2)50(57)67-41-21-36-35(53(58)19-17-34(27(3)54)52(41,53)9)15-14-32-20-33(16-18-51(32,36)8)66-43-24-39(60-11)49(30(6)64-43)70-45-25-40(61-12)48(31(7)65-45)69-42-22-37(55)47(29(5)63-42)68-44-23-38(59-10)46(56)28(4)62-44/h13-14,28-31,33-49,55-56,58H,15-25H2,1-12H3/b26-13+/t28?,29?,30?,31?,33-,34?,35?,36?,37?,38?,39?,40?,41+,42?,43?,44?,45?,46?,47?,48?,49?,51-,52-,53-/m0/s1. The fourth-order valence-electron chi connectivity index (χ4n) is 14.2. The summed E-state index contributed by atoms with van der Waals surface area (Å²) in [5.74, 6) is -0.738. The van der Waals surface area contributed by atoms with Crippen LogP contribution in [0.1, 0.15) is 133 Å². The fourth-order valence-corrected chi connectivity index (χ4v) is 14.2. The molecule has 0 bridgehead atoms. The predicted molar refractivity (Wildman–Crippen MR) is 252 cm³/mol. The average Bonchev–Trinajstić information content (AvgIpc) is 3.61. The maximum atomic E-state index is 13.3. The third-order valence-electron chi connectivity index (χ3n) is 18.5. The Balaban J connectivity index is 0.850. The lowest BCUT2D eigenvalue weighted by molar-refractivity contribution is -0.346. The van der Waals surface area contributed by atoms with Crippen LogP contribution in [0.2, 0.25) is 0 Å². The zero-order valence-corrected chi connectivity index (χ0v) is 43.6. The van der Waals surface area contributed by atoms with E-state index in [0.717, 1.165) is 19.3 Å². The summed E-state index contributed by atoms with van der Waals surface area (Å²) in [5, 5.41) is 34.5. The summed E-state index contributed by atoms with van der Waals surface area (Å²) in [6.07, 6.45) is 0.405. The number of esters is 1. The van der Waals surface area contributed by atoms with Crippen molar-refractivity contribution >= 4 is 11.8 Å². The number of ketones is 1. The number of hydrogen-bond donors (Lipinski definition) is 3. The lowest BCUT2D eigenvalue weighted by Crippen LogP contribution is -2.66. The molecule has 7 fully saturated rings. The van der Waals surface area contributed by atoms with Gasteiger partial charge in [-0.05, 0) is 111 Å². The summed E-state index contributed by atoms with van der Waals surface area (Å²) in [6.45, 7) is 16.9. The number of hydrogen-bond acceptors (Lipinski definition) is 17. The van der Waals surface area contributed by atoms with Crippen molar-refractivity contribution in [2.45, 2.75) is 249 Å². The normalized spacial score (nSPS) is 49.8. The highest BCUT2D eigenvalue weighted by molar-refractivity contribution is 5.88. The van der Waals surface area contributed by atoms with E-state index >= 15 is 0 Å². The van der Waals surface area contributed by atoms with Gasteiger partial charge in [-0.25, -0.2) is 4.79 Å². The van der Waals surface area contributed by atoms with E-state index in [9.17, 15) is 24.9 Å². The molecular formula is C53H84O17. The van der Waals surface area contributed by atoms with Gasteiger partial charge in [0.05, 0.1) is 60.5 Å². The Bertz CT molecular complexity index is 1880. The zero-order chi connectivity index (χ0) is 50.6. The molecule has 17 heteroatoms. The smallest absolute Gasteiger partial charge is 0.333 e. The number of aliphatic hydroxyl groups excluding tert-OH is 2. The lowest BCUT2D eigenvalue weighted by Gasteiger charge is -2.63. The molecule has 8 aliphatic rings. The molecule has 3 saturated carbocycles. The third kappa shape index (κ3) is 10.1. The molecule has 0 aromatic carbocycles. The minimum atomic E-state index is -1.15. The van der Waals surface area contributed by atoms with Crippen LogP contribution in [-0.2, 0) is 66.4 Å². The number of fused-ring (bicyclic) bond motifs is 5. The predicted octanol–water partition coefficient (Wildman–Crippen LogP) is 5.60. The molecule has 4 saturated heterocycles. The van der Waals surface area contributed by atoms with Gasteiger partial charge in [-0.15, -0.1) is 0 Å². The van der Waals surface area contributed by atoms with Crippen LogP contribution in [0, 0.1) is 28.6 Å². The Kier molecular flexibility index (Phi) is 16.9. The fraction of sp³-hybridized carbons (Fsp3) is 0.887. The highest BCUT2D eigenvalue weighted by Gasteiger charge is 2.71. The Labute approximate surface area is 414 Å². The zero-order valence-electron chi connectivity index (χ0n) is 43.6. The van der Waals surface area contributed by atoms with Crippen LogP contribution in [0.15, 0.2) is 23.3 Å². The maximum Gasteiger partial charge on any atom is 0.333 e. The Morgan fingerprint density at radius 3 is 1.77 bits per heavy atom. The summed E-state index contributed by atoms with van der Waals surface area (Å²) in [4.78, 5) is 26.5. The third-order valence-corrected chi connectivity index (χ3v) is 18.5. The Hall–Kier alpha value is -1.94. The topological polar surface area (TPSA) is 206 Å². The first-order chi connectivity index (χ1) is 33.2. The number of ether oxygens (including phenoxy) is 12. The van der Waals surface area contributed by atoms with Gasteiger partial charge in [0.1, 0.15) is 36.3 Å². The minimum absolute atomic E-state index is 0.0387. The summed E-state index contributed by atoms with van der Waals surface area (Å²) >= 11 is 0. The summed E-state index contributed by atoms with van der Waals surface area (Å²) in [5.41, 5.74) is -0.451. The SMILES string of the molecule is C/C=C(\C)C(=O)O[C@@H]1CC2C(CC=C3C[C@@H](OC4CC(OC)C(OC5CC(OC)C(OC6CC(O)C(OC7CC(OC)C(O)C(C)O7)C(C)O6)C(C)O5)C(C)O4)CC[C@@]32C)[C@@]2(O)CCC(C(C)=O)[C@@]12C. The summed E-state index contributed by atoms with van der Waals surface area (Å²) < 4.78 is 75.0. The van der Waals surface area contributed by atoms with Gasteiger partial charge in [-0.3, -0.25) is 4.79 Å². The highest BCUT2D eigenvalue weighted by Crippen LogP contribution is 2.68. The summed E-state index contributed by atoms with van der Waals surface area (Å²) in [7, 11) is 4.85. The number of rotatable bonds is 14. The van der Waals surface area contributed by atoms with Crippen LogP contribution < -0.4 is 0 Å². The molecule has 0 amide bonds. The van der Waals surface area contributed by atoms with Gasteiger partial charge in [0.25, 0.3) is 0 Å². The van der Waals surface area contributed by atoms with Gasteiger partial charge in [0.15, 0.2) is 25.2 Å². The maximum absolute atomic E-state index is 13.3. The molecule has 17 nitrogen and oxygen atoms in total. The first-order valence-corrected chi connectivity index (χ1v) is 26.1. The van der Waals surface area contributed by atoms with Gasteiger partial charge in [-0.2, -0.15) is 0 Å². The molecule has 19 unspecified atom stereocenters. The number of methoxy groups -OCH3 is 3. The number of aliphatic hydroxyl groups is 3. The van der Waals surface area contributed by atoms with Crippen molar-refractivity contribution in [1.82, 2.24) is 0 Å². The second-order valence-electron chi connectivity index (χ2n) is 22.3. The first kappa shape index (κ1) is 54.3. The van der Waals surface area contributed by atoms with Crippen molar-refractivity contribution in [3.05, 3.63) is 23.3 Å². The molecule has 8 rings (SSSR count). The van der Waals surface area contributed by atoms with E-state index in [2.05, 4.69) is 13.0 Å². The van der Waals surface area contributed by atoms with E-state index < -0.39 is 115 Å². The Morgan fingerprint density at radius 2 is 1.21 bits per heavy atom. The summed E-state index contributed by atoms with van der Waals surface area (Å²) in [6, 6.07) is 0. The van der Waals surface area contributed by atoms with E-state index in [1.165, 1.54) is 5.57 Å². The first-order valence-electron chi connectivity index (χ1n) is 26.1. The minimum Gasteiger partial charge on any atom is -0.458 e. The van der Waals surface area contributed by atoms with E-state index in [1.807, 2.05) is 34.6 Å².